The van der Waals surface area contributed by atoms with E-state index in [9.17, 15) is 4.79 Å². The Morgan fingerprint density at radius 2 is 2.50 bits per heavy atom. The normalized spacial score (nSPS) is 12.8. The lowest BCUT2D eigenvalue weighted by molar-refractivity contribution is -0.121. The molecule has 0 spiro atoms. The smallest absolute Gasteiger partial charge is 0.142 e. The Hall–Kier alpha value is -0.670. The zero-order chi connectivity index (χ0) is 8.97. The lowest BCUT2D eigenvalue weighted by atomic mass is 10.0. The average Bonchev–Trinajstić information content (AvgIpc) is 2.55. The molecule has 1 heterocycles. The molecule has 0 bridgehead atoms. The first kappa shape index (κ1) is 9.42. The fourth-order valence-electron chi connectivity index (χ4n) is 0.891. The van der Waals surface area contributed by atoms with Gasteiger partial charge in [-0.05, 0) is 11.4 Å². The summed E-state index contributed by atoms with van der Waals surface area (Å²) in [5, 5.41) is 1.98. The fourth-order valence-corrected chi connectivity index (χ4v) is 1.61. The minimum absolute atomic E-state index is 0.00731. The van der Waals surface area contributed by atoms with Crippen molar-refractivity contribution in [1.82, 2.24) is 0 Å². The topological polar surface area (TPSA) is 43.1 Å². The van der Waals surface area contributed by atoms with Crippen molar-refractivity contribution in [3.05, 3.63) is 22.4 Å². The highest BCUT2D eigenvalue weighted by molar-refractivity contribution is 7.10. The van der Waals surface area contributed by atoms with Gasteiger partial charge in [0.05, 0.1) is 0 Å². The summed E-state index contributed by atoms with van der Waals surface area (Å²) in [5.41, 5.74) is 5.38. The molecule has 0 aliphatic rings. The van der Waals surface area contributed by atoms with Gasteiger partial charge in [-0.25, -0.2) is 0 Å². The van der Waals surface area contributed by atoms with Gasteiger partial charge >= 0.3 is 0 Å². The lowest BCUT2D eigenvalue weighted by Crippen LogP contribution is -2.21. The van der Waals surface area contributed by atoms with E-state index >= 15 is 0 Å². The predicted molar refractivity (Wildman–Crippen MR) is 51.2 cm³/mol. The lowest BCUT2D eigenvalue weighted by Gasteiger charge is -2.04. The average molecular weight is 183 g/mol. The maximum atomic E-state index is 11.4. The number of carbonyl (C=O) groups excluding carboxylic acids is 1. The molecule has 1 aromatic rings. The molecule has 0 aliphatic carbocycles. The van der Waals surface area contributed by atoms with Crippen molar-refractivity contribution in [3.63, 3.8) is 0 Å². The van der Waals surface area contributed by atoms with E-state index in [1.165, 1.54) is 0 Å². The van der Waals surface area contributed by atoms with Crippen LogP contribution in [0.15, 0.2) is 17.5 Å². The van der Waals surface area contributed by atoms with Crippen LogP contribution in [0.25, 0.3) is 0 Å². The predicted octanol–water partition coefficient (Wildman–Crippen LogP) is 1.45. The molecular formula is C9H13NOS. The third-order valence-corrected chi connectivity index (χ3v) is 2.71. The number of thiophene rings is 1. The minimum Gasteiger partial charge on any atom is -0.330 e. The summed E-state index contributed by atoms with van der Waals surface area (Å²) < 4.78 is 0. The molecule has 66 valence electrons. The molecule has 2 nitrogen and oxygen atoms in total. The van der Waals surface area contributed by atoms with Crippen molar-refractivity contribution in [3.8, 4) is 0 Å². The summed E-state index contributed by atoms with van der Waals surface area (Å²) in [4.78, 5) is 12.5. The molecule has 1 aromatic heterocycles. The van der Waals surface area contributed by atoms with Gasteiger partial charge in [-0.3, -0.25) is 4.79 Å². The van der Waals surface area contributed by atoms with Gasteiger partial charge < -0.3 is 5.73 Å². The number of Topliss-reactive ketones (excluding diaryl/α,β-unsaturated/α-hetero) is 1. The quantitative estimate of drug-likeness (QED) is 0.767. The van der Waals surface area contributed by atoms with Crippen LogP contribution < -0.4 is 5.73 Å². The van der Waals surface area contributed by atoms with Gasteiger partial charge in [-0.1, -0.05) is 13.0 Å². The molecule has 0 aliphatic heterocycles. The summed E-state index contributed by atoms with van der Waals surface area (Å²) in [6, 6.07) is 3.94. The Balaban J connectivity index is 2.47. The van der Waals surface area contributed by atoms with Gasteiger partial charge in [-0.15, -0.1) is 11.3 Å². The molecule has 0 amide bonds. The molecular weight excluding hydrogens is 170 g/mol. The van der Waals surface area contributed by atoms with Gasteiger partial charge in [-0.2, -0.15) is 0 Å². The number of ketones is 1. The van der Waals surface area contributed by atoms with E-state index in [0.717, 1.165) is 4.88 Å². The zero-order valence-corrected chi connectivity index (χ0v) is 7.93. The third kappa shape index (κ3) is 2.43. The summed E-state index contributed by atoms with van der Waals surface area (Å²) in [5.74, 6) is 0.229. The van der Waals surface area contributed by atoms with Crippen LogP contribution in [0.5, 0.6) is 0 Å². The first-order valence-corrected chi connectivity index (χ1v) is 4.87. The Morgan fingerprint density at radius 1 is 1.75 bits per heavy atom. The molecule has 12 heavy (non-hydrogen) atoms. The Kier molecular flexibility index (Phi) is 3.44. The first-order valence-electron chi connectivity index (χ1n) is 3.99. The SMILES string of the molecule is CC(CN)C(=O)Cc1cccs1. The van der Waals surface area contributed by atoms with E-state index in [-0.39, 0.29) is 11.7 Å². The van der Waals surface area contributed by atoms with Gasteiger partial charge in [0.25, 0.3) is 0 Å². The van der Waals surface area contributed by atoms with Crippen molar-refractivity contribution < 1.29 is 4.79 Å². The van der Waals surface area contributed by atoms with Gasteiger partial charge in [0, 0.05) is 23.8 Å². The highest BCUT2D eigenvalue weighted by atomic mass is 32.1. The molecule has 0 aromatic carbocycles. The van der Waals surface area contributed by atoms with Gasteiger partial charge in [0.15, 0.2) is 0 Å². The van der Waals surface area contributed by atoms with Crippen LogP contribution in [0.3, 0.4) is 0 Å². The highest BCUT2D eigenvalue weighted by Gasteiger charge is 2.11. The summed E-state index contributed by atoms with van der Waals surface area (Å²) in [6.45, 7) is 2.32. The standard InChI is InChI=1S/C9H13NOS/c1-7(6-10)9(11)5-8-3-2-4-12-8/h2-4,7H,5-6,10H2,1H3. The van der Waals surface area contributed by atoms with Crippen LogP contribution in [-0.4, -0.2) is 12.3 Å². The maximum Gasteiger partial charge on any atom is 0.142 e. The van der Waals surface area contributed by atoms with Crippen molar-refractivity contribution in [2.75, 3.05) is 6.54 Å². The van der Waals surface area contributed by atoms with Crippen molar-refractivity contribution in [1.29, 1.82) is 0 Å². The summed E-state index contributed by atoms with van der Waals surface area (Å²) in [6.07, 6.45) is 0.538. The molecule has 3 heteroatoms. The van der Waals surface area contributed by atoms with E-state index in [0.29, 0.717) is 13.0 Å². The van der Waals surface area contributed by atoms with E-state index in [2.05, 4.69) is 0 Å². The summed E-state index contributed by atoms with van der Waals surface area (Å²) in [7, 11) is 0. The zero-order valence-electron chi connectivity index (χ0n) is 7.12. The number of nitrogens with two attached hydrogens (primary N) is 1. The van der Waals surface area contributed by atoms with Crippen LogP contribution in [0, 0.1) is 5.92 Å². The maximum absolute atomic E-state index is 11.4. The second kappa shape index (κ2) is 4.38. The van der Waals surface area contributed by atoms with Crippen LogP contribution in [-0.2, 0) is 11.2 Å². The van der Waals surface area contributed by atoms with Crippen LogP contribution >= 0.6 is 11.3 Å². The molecule has 1 atom stereocenters. The Labute approximate surface area is 76.4 Å². The fraction of sp³-hybridized carbons (Fsp3) is 0.444. The van der Waals surface area contributed by atoms with Crippen molar-refractivity contribution in [2.24, 2.45) is 11.7 Å². The molecule has 1 rings (SSSR count). The number of rotatable bonds is 4. The molecule has 0 saturated carbocycles. The van der Waals surface area contributed by atoms with Gasteiger partial charge in [0.1, 0.15) is 5.78 Å². The summed E-state index contributed by atoms with van der Waals surface area (Å²) >= 11 is 1.62. The van der Waals surface area contributed by atoms with Crippen molar-refractivity contribution in [2.45, 2.75) is 13.3 Å². The minimum atomic E-state index is -0.00731. The van der Waals surface area contributed by atoms with Gasteiger partial charge in [0.2, 0.25) is 0 Å². The van der Waals surface area contributed by atoms with E-state index in [1.54, 1.807) is 11.3 Å². The van der Waals surface area contributed by atoms with Crippen molar-refractivity contribution >= 4 is 17.1 Å². The number of hydrogen-bond acceptors (Lipinski definition) is 3. The third-order valence-electron chi connectivity index (χ3n) is 1.83. The number of hydrogen-bond donors (Lipinski definition) is 1. The molecule has 1 unspecified atom stereocenters. The molecule has 2 N–H and O–H groups in total. The van der Waals surface area contributed by atoms with Crippen LogP contribution in [0.4, 0.5) is 0 Å². The van der Waals surface area contributed by atoms with E-state index in [1.807, 2.05) is 24.4 Å². The number of carbonyl (C=O) groups is 1. The molecule has 0 radical (unpaired) electrons. The monoisotopic (exact) mass is 183 g/mol. The molecule has 0 saturated heterocycles. The molecule has 0 fully saturated rings. The van der Waals surface area contributed by atoms with Crippen LogP contribution in [0.1, 0.15) is 11.8 Å². The second-order valence-electron chi connectivity index (χ2n) is 2.86. The highest BCUT2D eigenvalue weighted by Crippen LogP contribution is 2.11. The van der Waals surface area contributed by atoms with E-state index < -0.39 is 0 Å². The first-order chi connectivity index (χ1) is 5.74. The Bertz CT molecular complexity index is 243. The van der Waals surface area contributed by atoms with E-state index in [4.69, 9.17) is 5.73 Å². The second-order valence-corrected chi connectivity index (χ2v) is 3.89. The largest absolute Gasteiger partial charge is 0.330 e. The van der Waals surface area contributed by atoms with Crippen LogP contribution in [0.2, 0.25) is 0 Å². The Morgan fingerprint density at radius 3 is 3.00 bits per heavy atom.